The van der Waals surface area contributed by atoms with Gasteiger partial charge in [0.2, 0.25) is 5.13 Å². The minimum atomic E-state index is 0.165. The summed E-state index contributed by atoms with van der Waals surface area (Å²) in [4.78, 5) is 9.57. The highest BCUT2D eigenvalue weighted by molar-refractivity contribution is 7.19. The van der Waals surface area contributed by atoms with Crippen molar-refractivity contribution in [2.24, 2.45) is 10.2 Å². The predicted octanol–water partition coefficient (Wildman–Crippen LogP) is 6.32. The molecule has 1 aliphatic heterocycles. The molecule has 0 atom stereocenters. The van der Waals surface area contributed by atoms with Crippen LogP contribution in [0.1, 0.15) is 18.4 Å². The average Bonchev–Trinajstić information content (AvgIpc) is 3.17. The van der Waals surface area contributed by atoms with E-state index in [4.69, 9.17) is 29.8 Å². The largest absolute Gasteiger partial charge is 0.370 e. The van der Waals surface area contributed by atoms with Crippen LogP contribution in [0.25, 0.3) is 4.85 Å². The van der Waals surface area contributed by atoms with Gasteiger partial charge in [-0.2, -0.15) is 0 Å². The molecule has 0 N–H and O–H groups in total. The van der Waals surface area contributed by atoms with Gasteiger partial charge < -0.3 is 4.90 Å². The topological polar surface area (TPSA) is 45.2 Å². The normalized spacial score (nSPS) is 14.6. The lowest BCUT2D eigenvalue weighted by atomic mass is 10.1. The summed E-state index contributed by atoms with van der Waals surface area (Å²) in [5.41, 5.74) is 2.73. The molecular formula is C15H13Cl2N5S. The number of hydrogen-bond donors (Lipinski definition) is 0. The van der Waals surface area contributed by atoms with E-state index in [-0.39, 0.29) is 5.15 Å². The zero-order valence-corrected chi connectivity index (χ0v) is 14.7. The number of anilines is 1. The van der Waals surface area contributed by atoms with Crippen molar-refractivity contribution in [1.29, 1.82) is 0 Å². The molecule has 2 heterocycles. The zero-order chi connectivity index (χ0) is 16.4. The highest BCUT2D eigenvalue weighted by atomic mass is 35.5. The second-order valence-corrected chi connectivity index (χ2v) is 6.91. The van der Waals surface area contributed by atoms with Crippen molar-refractivity contribution < 1.29 is 0 Å². The highest BCUT2D eigenvalue weighted by Crippen LogP contribution is 2.38. The van der Waals surface area contributed by atoms with Crippen molar-refractivity contribution in [3.05, 3.63) is 39.3 Å². The Morgan fingerprint density at radius 2 is 2.00 bits per heavy atom. The van der Waals surface area contributed by atoms with Gasteiger partial charge in [0.15, 0.2) is 5.15 Å². The third kappa shape index (κ3) is 3.47. The smallest absolute Gasteiger partial charge is 0.281 e. The van der Waals surface area contributed by atoms with E-state index in [2.05, 4.69) is 25.0 Å². The van der Waals surface area contributed by atoms with Crippen LogP contribution >= 0.6 is 34.5 Å². The van der Waals surface area contributed by atoms with Gasteiger partial charge in [-0.25, -0.2) is 9.83 Å². The van der Waals surface area contributed by atoms with Crippen LogP contribution in [0.3, 0.4) is 0 Å². The number of halogens is 2. The van der Waals surface area contributed by atoms with Crippen LogP contribution < -0.4 is 4.90 Å². The number of aromatic nitrogens is 1. The molecule has 8 heteroatoms. The van der Waals surface area contributed by atoms with Crippen LogP contribution in [0.15, 0.2) is 22.4 Å². The van der Waals surface area contributed by atoms with Crippen LogP contribution in [0.4, 0.5) is 21.5 Å². The number of azo groups is 1. The molecule has 0 unspecified atom stereocenters. The standard InChI is InChI=1S/C15H13Cl2N5S/c1-9-7-12(22-5-3-4-6-22)10(16)8-11(9)20-21-15-19-13(17)14(18-2)23-15/h7-8H,3-6H2,1H3. The molecule has 3 rings (SSSR count). The number of rotatable bonds is 3. The zero-order valence-electron chi connectivity index (χ0n) is 12.4. The Bertz CT molecular complexity index is 803. The average molecular weight is 366 g/mol. The molecule has 0 spiro atoms. The number of thiazole rings is 1. The maximum atomic E-state index is 6.98. The second kappa shape index (κ2) is 6.83. The summed E-state index contributed by atoms with van der Waals surface area (Å²) in [6, 6.07) is 3.86. The first-order chi connectivity index (χ1) is 11.1. The van der Waals surface area contributed by atoms with E-state index in [1.165, 1.54) is 12.8 Å². The van der Waals surface area contributed by atoms with Crippen molar-refractivity contribution in [2.45, 2.75) is 19.8 Å². The molecule has 1 aromatic heterocycles. The fraction of sp³-hybridized carbons (Fsp3) is 0.333. The van der Waals surface area contributed by atoms with E-state index >= 15 is 0 Å². The number of benzene rings is 1. The van der Waals surface area contributed by atoms with Crippen LogP contribution in [-0.2, 0) is 0 Å². The van der Waals surface area contributed by atoms with Crippen molar-refractivity contribution in [2.75, 3.05) is 18.0 Å². The Balaban J connectivity index is 1.86. The quantitative estimate of drug-likeness (QED) is 0.471. The summed E-state index contributed by atoms with van der Waals surface area (Å²) in [5, 5.41) is 9.79. The first kappa shape index (κ1) is 16.2. The van der Waals surface area contributed by atoms with Crippen molar-refractivity contribution in [3.8, 4) is 0 Å². The fourth-order valence-electron chi connectivity index (χ4n) is 2.46. The maximum absolute atomic E-state index is 6.98. The van der Waals surface area contributed by atoms with Crippen molar-refractivity contribution in [1.82, 2.24) is 4.98 Å². The number of hydrogen-bond acceptors (Lipinski definition) is 5. The Morgan fingerprint density at radius 1 is 1.26 bits per heavy atom. The lowest BCUT2D eigenvalue weighted by Crippen LogP contribution is -2.18. The summed E-state index contributed by atoms with van der Waals surface area (Å²) in [6.07, 6.45) is 2.40. The summed E-state index contributed by atoms with van der Waals surface area (Å²) in [7, 11) is 0. The van der Waals surface area contributed by atoms with E-state index in [9.17, 15) is 0 Å². The van der Waals surface area contributed by atoms with Crippen LogP contribution in [0, 0.1) is 13.5 Å². The number of aryl methyl sites for hydroxylation is 1. The Labute approximate surface area is 148 Å². The van der Waals surface area contributed by atoms with Gasteiger partial charge in [-0.15, -0.1) is 21.6 Å². The van der Waals surface area contributed by atoms with Gasteiger partial charge in [0.25, 0.3) is 5.00 Å². The van der Waals surface area contributed by atoms with Crippen molar-refractivity contribution in [3.63, 3.8) is 0 Å². The molecule has 1 aromatic carbocycles. The van der Waals surface area contributed by atoms with Gasteiger partial charge in [0.05, 0.1) is 23.0 Å². The van der Waals surface area contributed by atoms with E-state index in [1.54, 1.807) is 0 Å². The Morgan fingerprint density at radius 3 is 2.65 bits per heavy atom. The predicted molar refractivity (Wildman–Crippen MR) is 95.2 cm³/mol. The van der Waals surface area contributed by atoms with Gasteiger partial charge in [-0.3, -0.25) is 0 Å². The molecule has 0 saturated carbocycles. The molecule has 0 radical (unpaired) electrons. The molecule has 1 saturated heterocycles. The van der Waals surface area contributed by atoms with Gasteiger partial charge in [0.1, 0.15) is 0 Å². The van der Waals surface area contributed by atoms with Crippen LogP contribution in [-0.4, -0.2) is 18.1 Å². The first-order valence-electron chi connectivity index (χ1n) is 7.09. The van der Waals surface area contributed by atoms with Gasteiger partial charge >= 0.3 is 0 Å². The monoisotopic (exact) mass is 365 g/mol. The minimum absolute atomic E-state index is 0.165. The molecule has 0 bridgehead atoms. The third-order valence-electron chi connectivity index (χ3n) is 3.62. The summed E-state index contributed by atoms with van der Waals surface area (Å²) in [5.74, 6) is 0. The van der Waals surface area contributed by atoms with Crippen molar-refractivity contribution >= 4 is 56.0 Å². The van der Waals surface area contributed by atoms with Crippen LogP contribution in [0.2, 0.25) is 10.2 Å². The molecule has 23 heavy (non-hydrogen) atoms. The van der Waals surface area contributed by atoms with Gasteiger partial charge in [-0.1, -0.05) is 23.2 Å². The van der Waals surface area contributed by atoms with E-state index < -0.39 is 0 Å². The molecule has 1 aliphatic rings. The SMILES string of the molecule is [C-]#[N+]c1sc(N=Nc2cc(Cl)c(N3CCCC3)cc2C)nc1Cl. The maximum Gasteiger partial charge on any atom is 0.281 e. The molecule has 1 fully saturated rings. The summed E-state index contributed by atoms with van der Waals surface area (Å²) >= 11 is 13.3. The molecule has 0 aliphatic carbocycles. The second-order valence-electron chi connectivity index (χ2n) is 5.19. The number of nitrogens with zero attached hydrogens (tertiary/aromatic N) is 5. The highest BCUT2D eigenvalue weighted by Gasteiger charge is 2.16. The molecule has 118 valence electrons. The molecule has 5 nitrogen and oxygen atoms in total. The van der Waals surface area contributed by atoms with E-state index in [0.29, 0.717) is 20.8 Å². The summed E-state index contributed by atoms with van der Waals surface area (Å²) < 4.78 is 0. The fourth-order valence-corrected chi connectivity index (χ4v) is 3.59. The third-order valence-corrected chi connectivity index (χ3v) is 5.13. The van der Waals surface area contributed by atoms with Gasteiger partial charge in [0, 0.05) is 13.1 Å². The minimum Gasteiger partial charge on any atom is -0.370 e. The molecule has 2 aromatic rings. The van der Waals surface area contributed by atoms with Crippen LogP contribution in [0.5, 0.6) is 0 Å². The summed E-state index contributed by atoms with van der Waals surface area (Å²) in [6.45, 7) is 11.0. The Kier molecular flexibility index (Phi) is 4.81. The van der Waals surface area contributed by atoms with Gasteiger partial charge in [-0.05, 0) is 37.5 Å². The lowest BCUT2D eigenvalue weighted by molar-refractivity contribution is 0.949. The van der Waals surface area contributed by atoms with E-state index in [0.717, 1.165) is 35.7 Å². The molecular weight excluding hydrogens is 353 g/mol. The Hall–Kier alpha value is -1.68. The first-order valence-corrected chi connectivity index (χ1v) is 8.66. The lowest BCUT2D eigenvalue weighted by Gasteiger charge is -2.20. The van der Waals surface area contributed by atoms with E-state index in [1.807, 2.05) is 19.1 Å². The molecule has 0 amide bonds.